The summed E-state index contributed by atoms with van der Waals surface area (Å²) in [6, 6.07) is 0. The lowest BCUT2D eigenvalue weighted by atomic mass is 9.97. The topological polar surface area (TPSA) is 70.3 Å². The molecule has 0 saturated carbocycles. The predicted molar refractivity (Wildman–Crippen MR) is 78.6 cm³/mol. The first-order valence-corrected chi connectivity index (χ1v) is 7.86. The summed E-state index contributed by atoms with van der Waals surface area (Å²) in [4.78, 5) is 9.15. The molecule has 2 saturated heterocycles. The van der Waals surface area contributed by atoms with E-state index in [-0.39, 0.29) is 0 Å². The number of nitrogens with two attached hydrogens (primary N) is 1. The van der Waals surface area contributed by atoms with E-state index in [0.29, 0.717) is 5.95 Å². The van der Waals surface area contributed by atoms with Crippen LogP contribution in [0.25, 0.3) is 0 Å². The van der Waals surface area contributed by atoms with E-state index in [1.54, 1.807) is 0 Å². The maximum absolute atomic E-state index is 5.58. The van der Waals surface area contributed by atoms with E-state index in [9.17, 15) is 0 Å². The van der Waals surface area contributed by atoms with Gasteiger partial charge in [-0.25, -0.2) is 0 Å². The zero-order valence-electron chi connectivity index (χ0n) is 11.2. The number of aromatic nitrogens is 2. The van der Waals surface area contributed by atoms with Gasteiger partial charge in [-0.3, -0.25) is 4.90 Å². The lowest BCUT2D eigenvalue weighted by molar-refractivity contribution is 0.196. The Kier molecular flexibility index (Phi) is 4.15. The summed E-state index contributed by atoms with van der Waals surface area (Å²) >= 11 is 1.41. The first-order chi connectivity index (χ1) is 9.31. The number of nitrogens with one attached hydrogen (secondary N) is 1. The first kappa shape index (κ1) is 13.1. The Balaban J connectivity index is 1.46. The fourth-order valence-corrected chi connectivity index (χ4v) is 3.55. The summed E-state index contributed by atoms with van der Waals surface area (Å²) < 4.78 is 4.05. The fourth-order valence-electron chi connectivity index (χ4n) is 2.91. The molecule has 2 aliphatic rings. The second-order valence-electron chi connectivity index (χ2n) is 5.42. The zero-order chi connectivity index (χ0) is 13.1. The van der Waals surface area contributed by atoms with Crippen LogP contribution >= 0.6 is 11.5 Å². The van der Waals surface area contributed by atoms with Gasteiger partial charge in [0.15, 0.2) is 0 Å². The van der Waals surface area contributed by atoms with Crippen LogP contribution in [0.4, 0.5) is 11.1 Å². The molecule has 106 valence electrons. The van der Waals surface area contributed by atoms with Gasteiger partial charge in [0.2, 0.25) is 11.1 Å². The average Bonchev–Trinajstić information content (AvgIpc) is 2.87. The molecule has 3 heterocycles. The summed E-state index contributed by atoms with van der Waals surface area (Å²) in [5.74, 6) is 1.28. The van der Waals surface area contributed by atoms with Crippen molar-refractivity contribution in [3.05, 3.63) is 0 Å². The minimum absolute atomic E-state index is 0.400. The van der Waals surface area contributed by atoms with Gasteiger partial charge in [0.25, 0.3) is 0 Å². The van der Waals surface area contributed by atoms with E-state index in [2.05, 4.69) is 24.5 Å². The van der Waals surface area contributed by atoms with Crippen LogP contribution in [0.1, 0.15) is 12.8 Å². The summed E-state index contributed by atoms with van der Waals surface area (Å²) in [5.41, 5.74) is 5.58. The molecule has 0 atom stereocenters. The van der Waals surface area contributed by atoms with Gasteiger partial charge in [-0.2, -0.15) is 9.36 Å². The highest BCUT2D eigenvalue weighted by Crippen LogP contribution is 2.21. The van der Waals surface area contributed by atoms with Crippen molar-refractivity contribution in [2.45, 2.75) is 12.8 Å². The predicted octanol–water partition coefficient (Wildman–Crippen LogP) is 0.242. The molecule has 0 unspecified atom stereocenters. The quantitative estimate of drug-likeness (QED) is 0.828. The molecule has 7 heteroatoms. The maximum Gasteiger partial charge on any atom is 0.233 e. The molecule has 0 bridgehead atoms. The van der Waals surface area contributed by atoms with Crippen LogP contribution in [0.15, 0.2) is 0 Å². The molecule has 6 nitrogen and oxygen atoms in total. The molecule has 19 heavy (non-hydrogen) atoms. The smallest absolute Gasteiger partial charge is 0.233 e. The van der Waals surface area contributed by atoms with Crippen LogP contribution in [-0.2, 0) is 0 Å². The number of anilines is 2. The standard InChI is InChI=1S/C12H22N6S/c13-11-15-12(19-16-11)18-7-5-17(6-8-18)9-10-1-3-14-4-2-10/h10,14H,1-9H2,(H2,13,16). The largest absolute Gasteiger partial charge is 0.367 e. The van der Waals surface area contributed by atoms with E-state index in [4.69, 9.17) is 5.73 Å². The zero-order valence-corrected chi connectivity index (χ0v) is 12.0. The van der Waals surface area contributed by atoms with Crippen LogP contribution in [-0.4, -0.2) is 60.1 Å². The van der Waals surface area contributed by atoms with Gasteiger partial charge in [0.1, 0.15) is 0 Å². The van der Waals surface area contributed by atoms with Gasteiger partial charge < -0.3 is 16.0 Å². The average molecular weight is 282 g/mol. The van der Waals surface area contributed by atoms with Crippen LogP contribution in [0.2, 0.25) is 0 Å². The van der Waals surface area contributed by atoms with Crippen LogP contribution < -0.4 is 16.0 Å². The van der Waals surface area contributed by atoms with Gasteiger partial charge in [-0.05, 0) is 31.8 Å². The fraction of sp³-hybridized carbons (Fsp3) is 0.833. The molecular weight excluding hydrogens is 260 g/mol. The summed E-state index contributed by atoms with van der Waals surface area (Å²) in [6.07, 6.45) is 2.65. The van der Waals surface area contributed by atoms with E-state index in [0.717, 1.165) is 37.2 Å². The van der Waals surface area contributed by atoms with Crippen LogP contribution in [0.3, 0.4) is 0 Å². The molecule has 1 aromatic heterocycles. The van der Waals surface area contributed by atoms with Gasteiger partial charge in [-0.15, -0.1) is 0 Å². The molecule has 0 aromatic carbocycles. The van der Waals surface area contributed by atoms with Crippen molar-refractivity contribution in [3.63, 3.8) is 0 Å². The lowest BCUT2D eigenvalue weighted by Crippen LogP contribution is -2.48. The number of piperazine rings is 1. The van der Waals surface area contributed by atoms with E-state index in [1.807, 2.05) is 0 Å². The van der Waals surface area contributed by atoms with Gasteiger partial charge >= 0.3 is 0 Å². The summed E-state index contributed by atoms with van der Waals surface area (Å²) in [5, 5.41) is 4.40. The van der Waals surface area contributed by atoms with E-state index < -0.39 is 0 Å². The van der Waals surface area contributed by atoms with E-state index in [1.165, 1.54) is 44.0 Å². The normalized spacial score (nSPS) is 22.8. The van der Waals surface area contributed by atoms with E-state index >= 15 is 0 Å². The van der Waals surface area contributed by atoms with Crippen molar-refractivity contribution in [2.24, 2.45) is 5.92 Å². The van der Waals surface area contributed by atoms with Crippen molar-refractivity contribution in [1.82, 2.24) is 19.6 Å². The maximum atomic E-state index is 5.58. The molecule has 0 amide bonds. The Morgan fingerprint density at radius 2 is 1.95 bits per heavy atom. The summed E-state index contributed by atoms with van der Waals surface area (Å²) in [6.45, 7) is 7.98. The Labute approximate surface area is 118 Å². The monoisotopic (exact) mass is 282 g/mol. The molecule has 0 aliphatic carbocycles. The third-order valence-corrected chi connectivity index (χ3v) is 4.84. The molecule has 0 spiro atoms. The van der Waals surface area contributed by atoms with Gasteiger partial charge in [0.05, 0.1) is 0 Å². The first-order valence-electron chi connectivity index (χ1n) is 7.08. The lowest BCUT2D eigenvalue weighted by Gasteiger charge is -2.37. The molecule has 2 aliphatic heterocycles. The Morgan fingerprint density at radius 1 is 1.21 bits per heavy atom. The number of rotatable bonds is 3. The molecule has 0 radical (unpaired) electrons. The number of nitrogens with zero attached hydrogens (tertiary/aromatic N) is 4. The van der Waals surface area contributed by atoms with Crippen molar-refractivity contribution in [3.8, 4) is 0 Å². The minimum Gasteiger partial charge on any atom is -0.367 e. The number of nitrogen functional groups attached to an aromatic ring is 1. The molecule has 1 aromatic rings. The summed E-state index contributed by atoms with van der Waals surface area (Å²) in [7, 11) is 0. The van der Waals surface area contributed by atoms with Crippen molar-refractivity contribution in [2.75, 3.05) is 56.4 Å². The number of hydrogen-bond acceptors (Lipinski definition) is 7. The van der Waals surface area contributed by atoms with Crippen molar-refractivity contribution in [1.29, 1.82) is 0 Å². The molecular formula is C12H22N6S. The van der Waals surface area contributed by atoms with Crippen molar-refractivity contribution < 1.29 is 0 Å². The molecule has 3 N–H and O–H groups in total. The van der Waals surface area contributed by atoms with Crippen LogP contribution in [0.5, 0.6) is 0 Å². The van der Waals surface area contributed by atoms with Gasteiger partial charge in [0, 0.05) is 44.3 Å². The van der Waals surface area contributed by atoms with Crippen molar-refractivity contribution >= 4 is 22.6 Å². The second kappa shape index (κ2) is 6.02. The molecule has 3 rings (SSSR count). The Bertz CT molecular complexity index is 395. The second-order valence-corrected chi connectivity index (χ2v) is 6.15. The Hall–Kier alpha value is -0.920. The third kappa shape index (κ3) is 3.34. The van der Waals surface area contributed by atoms with Gasteiger partial charge in [-0.1, -0.05) is 0 Å². The highest BCUT2D eigenvalue weighted by Gasteiger charge is 2.22. The number of hydrogen-bond donors (Lipinski definition) is 2. The minimum atomic E-state index is 0.400. The highest BCUT2D eigenvalue weighted by molar-refractivity contribution is 7.09. The number of piperidine rings is 1. The third-order valence-electron chi connectivity index (χ3n) is 4.05. The SMILES string of the molecule is Nc1nsc(N2CCN(CC3CCNCC3)CC2)n1. The Morgan fingerprint density at radius 3 is 2.58 bits per heavy atom. The van der Waals surface area contributed by atoms with Crippen LogP contribution in [0, 0.1) is 5.92 Å². The highest BCUT2D eigenvalue weighted by atomic mass is 32.1. The molecule has 2 fully saturated rings.